The number of hydrogen-bond donors (Lipinski definition) is 1. The predicted octanol–water partition coefficient (Wildman–Crippen LogP) is 1.78. The summed E-state index contributed by atoms with van der Waals surface area (Å²) in [4.78, 5) is 41.7. The first-order valence-electron chi connectivity index (χ1n) is 11.9. The topological polar surface area (TPSA) is 146 Å². The largest absolute Gasteiger partial charge is 0.425 e. The molecule has 3 atom stereocenters. The average Bonchev–Trinajstić information content (AvgIpc) is 3.26. The number of nitrogens with zero attached hydrogens (tertiary/aromatic N) is 6. The van der Waals surface area contributed by atoms with E-state index < -0.39 is 24.3 Å². The zero-order chi connectivity index (χ0) is 26.6. The van der Waals surface area contributed by atoms with E-state index in [1.54, 1.807) is 18.5 Å². The summed E-state index contributed by atoms with van der Waals surface area (Å²) >= 11 is 2.88. The summed E-state index contributed by atoms with van der Waals surface area (Å²) in [5.74, 6) is -0.769. The molecule has 3 heterocycles. The molecule has 0 bridgehead atoms. The molecule has 1 aromatic heterocycles. The zero-order valence-corrected chi connectivity index (χ0v) is 25.6. The van der Waals surface area contributed by atoms with E-state index in [4.69, 9.17) is 15.2 Å². The first-order valence-corrected chi connectivity index (χ1v) is 13.9. The SMILES string of the molecule is CC(C)CC(=O)OC(OC(=O)C1=C(CSc2nnnn2CCN(C)C)CS[C@H]2[C@H](N)C(=O)N12)C(C)C.Cl.Cl. The number of tetrazole rings is 1. The van der Waals surface area contributed by atoms with Gasteiger partial charge in [-0.3, -0.25) is 14.5 Å². The first-order chi connectivity index (χ1) is 17.0. The predicted molar refractivity (Wildman–Crippen MR) is 150 cm³/mol. The van der Waals surface area contributed by atoms with Gasteiger partial charge in [0.1, 0.15) is 17.1 Å². The van der Waals surface area contributed by atoms with Crippen molar-refractivity contribution in [1.29, 1.82) is 0 Å². The Bertz CT molecular complexity index is 1010. The molecule has 1 unspecified atom stereocenters. The van der Waals surface area contributed by atoms with Gasteiger partial charge in [0.25, 0.3) is 0 Å². The first kappa shape index (κ1) is 34.4. The van der Waals surface area contributed by atoms with Crippen LogP contribution in [0.25, 0.3) is 0 Å². The van der Waals surface area contributed by atoms with Gasteiger partial charge in [0.15, 0.2) is 0 Å². The third-order valence-corrected chi connectivity index (χ3v) is 7.91. The van der Waals surface area contributed by atoms with Crippen LogP contribution in [0.15, 0.2) is 16.4 Å². The van der Waals surface area contributed by atoms with Crippen molar-refractivity contribution in [2.24, 2.45) is 17.6 Å². The van der Waals surface area contributed by atoms with Crippen LogP contribution >= 0.6 is 48.3 Å². The average molecular weight is 615 g/mol. The summed E-state index contributed by atoms with van der Waals surface area (Å²) in [5.41, 5.74) is 6.86. The smallest absolute Gasteiger partial charge is 0.358 e. The molecule has 0 radical (unpaired) electrons. The Balaban J connectivity index is 0.00000361. The van der Waals surface area contributed by atoms with E-state index in [2.05, 4.69) is 15.5 Å². The van der Waals surface area contributed by atoms with Crippen LogP contribution in [0, 0.1) is 11.8 Å². The molecular weight excluding hydrogens is 577 g/mol. The summed E-state index contributed by atoms with van der Waals surface area (Å²) in [6, 6.07) is -0.671. The maximum Gasteiger partial charge on any atom is 0.358 e. The van der Waals surface area contributed by atoms with Crippen LogP contribution in [0.3, 0.4) is 0 Å². The Kier molecular flexibility index (Phi) is 13.8. The third-order valence-electron chi connectivity index (χ3n) is 5.51. The van der Waals surface area contributed by atoms with Crippen LogP contribution in [0.2, 0.25) is 0 Å². The number of fused-ring (bicyclic) bond motifs is 1. The van der Waals surface area contributed by atoms with Crippen LogP contribution in [-0.2, 0) is 30.4 Å². The summed E-state index contributed by atoms with van der Waals surface area (Å²) in [6.07, 6.45) is -0.854. The molecule has 2 aliphatic rings. The monoisotopic (exact) mass is 613 g/mol. The molecule has 1 saturated heterocycles. The van der Waals surface area contributed by atoms with E-state index in [-0.39, 0.29) is 60.0 Å². The molecule has 2 aliphatic heterocycles. The number of halogens is 2. The Morgan fingerprint density at radius 3 is 2.50 bits per heavy atom. The maximum atomic E-state index is 13.4. The van der Waals surface area contributed by atoms with Crippen LogP contribution in [-0.4, -0.2) is 97.7 Å². The number of ether oxygens (including phenoxy) is 2. The van der Waals surface area contributed by atoms with E-state index in [0.29, 0.717) is 28.8 Å². The van der Waals surface area contributed by atoms with Crippen molar-refractivity contribution in [3.05, 3.63) is 11.3 Å². The fourth-order valence-corrected chi connectivity index (χ4v) is 5.87. The number of nitrogens with two attached hydrogens (primary N) is 1. The van der Waals surface area contributed by atoms with Gasteiger partial charge in [0.2, 0.25) is 17.4 Å². The van der Waals surface area contributed by atoms with Gasteiger partial charge < -0.3 is 20.1 Å². The number of esters is 2. The fraction of sp³-hybridized carbons (Fsp3) is 0.727. The van der Waals surface area contributed by atoms with Crippen molar-refractivity contribution in [3.8, 4) is 0 Å². The van der Waals surface area contributed by atoms with E-state index in [9.17, 15) is 14.4 Å². The second-order valence-electron chi connectivity index (χ2n) is 9.77. The molecule has 2 N–H and O–H groups in total. The maximum absolute atomic E-state index is 13.4. The molecule has 0 spiro atoms. The molecule has 1 amide bonds. The van der Waals surface area contributed by atoms with Gasteiger partial charge in [-0.1, -0.05) is 39.5 Å². The Morgan fingerprint density at radius 1 is 1.21 bits per heavy atom. The standard InChI is InChI=1S/C22H35N7O5S2.2ClH/c1-12(2)9-15(30)33-21(13(3)4)34-20(32)17-14(10-35-19-16(23)18(31)29(17)19)11-36-22-24-25-26-28(22)8-7-27(5)6;;/h12-13,16,19,21H,7-11,23H2,1-6H3;2*1H/t16-,19+,21?;;/m1../s1. The number of carbonyl (C=O) groups is 3. The van der Waals surface area contributed by atoms with Crippen molar-refractivity contribution in [3.63, 3.8) is 0 Å². The second kappa shape index (κ2) is 15.3. The minimum Gasteiger partial charge on any atom is -0.425 e. The summed E-state index contributed by atoms with van der Waals surface area (Å²) in [7, 11) is 3.93. The molecule has 38 heavy (non-hydrogen) atoms. The van der Waals surface area contributed by atoms with Gasteiger partial charge >= 0.3 is 11.9 Å². The van der Waals surface area contributed by atoms with Crippen molar-refractivity contribution < 1.29 is 23.9 Å². The summed E-state index contributed by atoms with van der Waals surface area (Å²) < 4.78 is 12.8. The van der Waals surface area contributed by atoms with E-state index in [1.165, 1.54) is 28.4 Å². The number of likely N-dealkylation sites (N-methyl/N-ethyl adjacent to an activating group) is 1. The highest BCUT2D eigenvalue weighted by atomic mass is 35.5. The van der Waals surface area contributed by atoms with E-state index >= 15 is 0 Å². The summed E-state index contributed by atoms with van der Waals surface area (Å²) in [6.45, 7) is 8.78. The highest BCUT2D eigenvalue weighted by Gasteiger charge is 2.52. The normalized spacial score (nSPS) is 19.5. The minimum atomic E-state index is -1.07. The number of rotatable bonds is 12. The third kappa shape index (κ3) is 8.46. The number of hydrogen-bond acceptors (Lipinski definition) is 12. The van der Waals surface area contributed by atoms with Crippen LogP contribution < -0.4 is 5.73 Å². The Morgan fingerprint density at radius 2 is 1.89 bits per heavy atom. The molecular formula is C22H37Cl2N7O5S2. The zero-order valence-electron chi connectivity index (χ0n) is 22.4. The number of β-lactam (4-membered cyclic amide) rings is 1. The van der Waals surface area contributed by atoms with Crippen LogP contribution in [0.1, 0.15) is 34.1 Å². The number of amides is 1. The highest BCUT2D eigenvalue weighted by Crippen LogP contribution is 2.41. The number of carbonyl (C=O) groups excluding carboxylic acids is 3. The lowest BCUT2D eigenvalue weighted by Gasteiger charge is -2.48. The minimum absolute atomic E-state index is 0. The van der Waals surface area contributed by atoms with E-state index in [0.717, 1.165) is 6.54 Å². The van der Waals surface area contributed by atoms with Gasteiger partial charge in [0.05, 0.1) is 6.54 Å². The molecule has 1 fully saturated rings. The molecule has 3 rings (SSSR count). The van der Waals surface area contributed by atoms with Gasteiger partial charge in [-0.2, -0.15) is 0 Å². The molecule has 0 aliphatic carbocycles. The molecule has 1 aromatic rings. The van der Waals surface area contributed by atoms with Gasteiger partial charge in [-0.05, 0) is 36.0 Å². The van der Waals surface area contributed by atoms with Crippen molar-refractivity contribution >= 4 is 66.2 Å². The highest BCUT2D eigenvalue weighted by molar-refractivity contribution is 8.01. The lowest BCUT2D eigenvalue weighted by atomic mass is 10.0. The summed E-state index contributed by atoms with van der Waals surface area (Å²) in [5, 5.41) is 12.2. The van der Waals surface area contributed by atoms with Crippen LogP contribution in [0.4, 0.5) is 0 Å². The lowest BCUT2D eigenvalue weighted by molar-refractivity contribution is -0.195. The van der Waals surface area contributed by atoms with Gasteiger partial charge in [-0.15, -0.1) is 41.7 Å². The van der Waals surface area contributed by atoms with Crippen molar-refractivity contribution in [2.45, 2.75) is 63.5 Å². The Hall–Kier alpha value is -1.58. The molecule has 16 heteroatoms. The molecule has 0 saturated carbocycles. The second-order valence-corrected chi connectivity index (χ2v) is 11.8. The lowest BCUT2D eigenvalue weighted by Crippen LogP contribution is -2.68. The quantitative estimate of drug-likeness (QED) is 0.159. The van der Waals surface area contributed by atoms with Gasteiger partial charge in [0, 0.05) is 30.4 Å². The van der Waals surface area contributed by atoms with Crippen molar-refractivity contribution in [1.82, 2.24) is 30.0 Å². The van der Waals surface area contributed by atoms with E-state index in [1.807, 2.05) is 32.8 Å². The Labute approximate surface area is 244 Å². The number of aromatic nitrogens is 4. The molecule has 0 aromatic carbocycles. The van der Waals surface area contributed by atoms with Crippen molar-refractivity contribution in [2.75, 3.05) is 32.1 Å². The molecule has 216 valence electrons. The van der Waals surface area contributed by atoms with Gasteiger partial charge in [-0.25, -0.2) is 9.48 Å². The number of thioether (sulfide) groups is 2. The van der Waals surface area contributed by atoms with Crippen LogP contribution in [0.5, 0.6) is 0 Å². The fourth-order valence-electron chi connectivity index (χ4n) is 3.53. The molecule has 12 nitrogen and oxygen atoms in total.